The SMILES string of the molecule is Cn1ccc2nc3oc4ccccc4c(=O)c3cc2c1=O. The summed E-state index contributed by atoms with van der Waals surface area (Å²) in [5, 5.41) is 1.22. The van der Waals surface area contributed by atoms with Gasteiger partial charge in [-0.1, -0.05) is 12.1 Å². The lowest BCUT2D eigenvalue weighted by Gasteiger charge is -2.04. The third kappa shape index (κ3) is 1.61. The molecule has 0 saturated carbocycles. The maximum absolute atomic E-state index is 12.5. The van der Waals surface area contributed by atoms with Crippen molar-refractivity contribution in [2.45, 2.75) is 0 Å². The largest absolute Gasteiger partial charge is 0.437 e. The predicted molar refractivity (Wildman–Crippen MR) is 80.5 cm³/mol. The molecule has 0 atom stereocenters. The van der Waals surface area contributed by atoms with E-state index in [1.165, 1.54) is 4.57 Å². The summed E-state index contributed by atoms with van der Waals surface area (Å²) in [6.45, 7) is 0. The van der Waals surface area contributed by atoms with Crippen LogP contribution in [0.15, 0.2) is 56.6 Å². The number of fused-ring (bicyclic) bond motifs is 3. The van der Waals surface area contributed by atoms with E-state index < -0.39 is 0 Å². The van der Waals surface area contributed by atoms with Crippen molar-refractivity contribution in [1.82, 2.24) is 9.55 Å². The predicted octanol–water partition coefficient (Wildman–Crippen LogP) is 2.19. The summed E-state index contributed by atoms with van der Waals surface area (Å²) in [5.41, 5.74) is 0.899. The topological polar surface area (TPSA) is 65.1 Å². The first kappa shape index (κ1) is 11.8. The van der Waals surface area contributed by atoms with E-state index in [9.17, 15) is 9.59 Å². The minimum absolute atomic E-state index is 0.174. The summed E-state index contributed by atoms with van der Waals surface area (Å²) in [6, 6.07) is 10.3. The minimum Gasteiger partial charge on any atom is -0.437 e. The van der Waals surface area contributed by atoms with Gasteiger partial charge in [-0.3, -0.25) is 9.59 Å². The molecule has 0 N–H and O–H groups in total. The third-order valence-electron chi connectivity index (χ3n) is 3.61. The van der Waals surface area contributed by atoms with Crippen molar-refractivity contribution >= 4 is 33.0 Å². The van der Waals surface area contributed by atoms with E-state index in [4.69, 9.17) is 4.42 Å². The van der Waals surface area contributed by atoms with Crippen LogP contribution >= 0.6 is 0 Å². The number of hydrogen-bond acceptors (Lipinski definition) is 4. The molecule has 0 amide bonds. The Morgan fingerprint density at radius 3 is 2.71 bits per heavy atom. The molecule has 4 aromatic rings. The highest BCUT2D eigenvalue weighted by Crippen LogP contribution is 2.19. The number of rotatable bonds is 0. The standard InChI is InChI=1S/C16H10N2O3/c1-18-7-6-12-10(16(18)20)8-11-14(19)9-4-2-3-5-13(9)21-15(11)17-12/h2-8H,1H3. The number of aryl methyl sites for hydroxylation is 1. The van der Waals surface area contributed by atoms with Gasteiger partial charge in [0, 0.05) is 13.2 Å². The average Bonchev–Trinajstić information content (AvgIpc) is 2.50. The molecule has 1 aromatic carbocycles. The monoisotopic (exact) mass is 278 g/mol. The van der Waals surface area contributed by atoms with Crippen molar-refractivity contribution in [3.05, 3.63) is 63.2 Å². The number of pyridine rings is 2. The van der Waals surface area contributed by atoms with Gasteiger partial charge in [-0.25, -0.2) is 4.98 Å². The van der Waals surface area contributed by atoms with Crippen LogP contribution in [0.3, 0.4) is 0 Å². The normalized spacial score (nSPS) is 11.5. The van der Waals surface area contributed by atoms with Gasteiger partial charge in [0.15, 0.2) is 0 Å². The zero-order chi connectivity index (χ0) is 14.6. The summed E-state index contributed by atoms with van der Waals surface area (Å²) >= 11 is 0. The fourth-order valence-corrected chi connectivity index (χ4v) is 2.48. The Morgan fingerprint density at radius 2 is 1.86 bits per heavy atom. The lowest BCUT2D eigenvalue weighted by Crippen LogP contribution is -2.16. The highest BCUT2D eigenvalue weighted by molar-refractivity contribution is 5.94. The molecule has 0 spiro atoms. The summed E-state index contributed by atoms with van der Waals surface area (Å²) < 4.78 is 7.14. The van der Waals surface area contributed by atoms with E-state index in [2.05, 4.69) is 4.98 Å². The molecular weight excluding hydrogens is 268 g/mol. The van der Waals surface area contributed by atoms with Crippen molar-refractivity contribution in [2.24, 2.45) is 7.05 Å². The Morgan fingerprint density at radius 1 is 1.05 bits per heavy atom. The molecule has 0 radical (unpaired) electrons. The molecule has 0 aliphatic carbocycles. The molecule has 5 heteroatoms. The zero-order valence-corrected chi connectivity index (χ0v) is 11.2. The first-order chi connectivity index (χ1) is 10.1. The Labute approximate surface area is 118 Å². The second-order valence-electron chi connectivity index (χ2n) is 4.93. The molecule has 3 heterocycles. The summed E-state index contributed by atoms with van der Waals surface area (Å²) in [6.07, 6.45) is 1.64. The van der Waals surface area contributed by atoms with E-state index in [1.807, 2.05) is 0 Å². The van der Waals surface area contributed by atoms with Crippen LogP contribution < -0.4 is 11.0 Å². The maximum atomic E-state index is 12.5. The van der Waals surface area contributed by atoms with Crippen LogP contribution in [0.5, 0.6) is 0 Å². The van der Waals surface area contributed by atoms with Crippen LogP contribution in [0, 0.1) is 0 Å². The molecule has 4 rings (SSSR count). The molecule has 102 valence electrons. The van der Waals surface area contributed by atoms with E-state index in [1.54, 1.807) is 49.6 Å². The number of para-hydroxylation sites is 1. The van der Waals surface area contributed by atoms with Crippen molar-refractivity contribution in [1.29, 1.82) is 0 Å². The van der Waals surface area contributed by atoms with E-state index in [-0.39, 0.29) is 16.7 Å². The van der Waals surface area contributed by atoms with Gasteiger partial charge in [0.25, 0.3) is 5.56 Å². The molecule has 0 aliphatic rings. The van der Waals surface area contributed by atoms with Gasteiger partial charge in [0.1, 0.15) is 5.58 Å². The smallest absolute Gasteiger partial charge is 0.259 e. The van der Waals surface area contributed by atoms with Gasteiger partial charge < -0.3 is 8.98 Å². The molecule has 0 aliphatic heterocycles. The Hall–Kier alpha value is -2.95. The lowest BCUT2D eigenvalue weighted by atomic mass is 10.1. The highest BCUT2D eigenvalue weighted by Gasteiger charge is 2.11. The second kappa shape index (κ2) is 4.02. The van der Waals surface area contributed by atoms with Crippen LogP contribution in [-0.4, -0.2) is 9.55 Å². The zero-order valence-electron chi connectivity index (χ0n) is 11.2. The quantitative estimate of drug-likeness (QED) is 0.462. The van der Waals surface area contributed by atoms with Gasteiger partial charge in [0.05, 0.1) is 21.7 Å². The summed E-state index contributed by atoms with van der Waals surface area (Å²) in [5.74, 6) is 0. The molecule has 21 heavy (non-hydrogen) atoms. The van der Waals surface area contributed by atoms with Gasteiger partial charge in [0.2, 0.25) is 11.1 Å². The Balaban J connectivity index is 2.30. The second-order valence-corrected chi connectivity index (χ2v) is 4.93. The first-order valence-corrected chi connectivity index (χ1v) is 6.47. The van der Waals surface area contributed by atoms with E-state index >= 15 is 0 Å². The number of nitrogens with zero attached hydrogens (tertiary/aromatic N) is 2. The molecule has 0 saturated heterocycles. The molecule has 0 unspecified atom stereocenters. The Kier molecular flexibility index (Phi) is 2.27. The molecule has 3 aromatic heterocycles. The summed E-state index contributed by atoms with van der Waals surface area (Å²) in [4.78, 5) is 29.0. The van der Waals surface area contributed by atoms with Crippen LogP contribution in [0.1, 0.15) is 0 Å². The molecular formula is C16H10N2O3. The Bertz CT molecular complexity index is 1140. The highest BCUT2D eigenvalue weighted by atomic mass is 16.3. The van der Waals surface area contributed by atoms with Crippen molar-refractivity contribution in [3.63, 3.8) is 0 Å². The fourth-order valence-electron chi connectivity index (χ4n) is 2.48. The number of benzene rings is 1. The maximum Gasteiger partial charge on any atom is 0.259 e. The van der Waals surface area contributed by atoms with Crippen molar-refractivity contribution < 1.29 is 4.42 Å². The van der Waals surface area contributed by atoms with Crippen molar-refractivity contribution in [2.75, 3.05) is 0 Å². The molecule has 0 bridgehead atoms. The van der Waals surface area contributed by atoms with E-state index in [0.29, 0.717) is 27.3 Å². The lowest BCUT2D eigenvalue weighted by molar-refractivity contribution is 0.646. The van der Waals surface area contributed by atoms with Gasteiger partial charge in [-0.05, 0) is 24.3 Å². The first-order valence-electron chi connectivity index (χ1n) is 6.47. The number of aromatic nitrogens is 2. The summed E-state index contributed by atoms with van der Waals surface area (Å²) in [7, 11) is 1.66. The molecule has 0 fully saturated rings. The van der Waals surface area contributed by atoms with Crippen LogP contribution in [-0.2, 0) is 7.05 Å². The van der Waals surface area contributed by atoms with Gasteiger partial charge >= 0.3 is 0 Å². The van der Waals surface area contributed by atoms with Gasteiger partial charge in [-0.15, -0.1) is 0 Å². The number of hydrogen-bond donors (Lipinski definition) is 0. The van der Waals surface area contributed by atoms with Gasteiger partial charge in [-0.2, -0.15) is 0 Å². The van der Waals surface area contributed by atoms with E-state index in [0.717, 1.165) is 0 Å². The van der Waals surface area contributed by atoms with Crippen molar-refractivity contribution in [3.8, 4) is 0 Å². The van der Waals surface area contributed by atoms with Crippen LogP contribution in [0.2, 0.25) is 0 Å². The van der Waals surface area contributed by atoms with Crippen LogP contribution in [0.4, 0.5) is 0 Å². The fraction of sp³-hybridized carbons (Fsp3) is 0.0625. The average molecular weight is 278 g/mol. The minimum atomic E-state index is -0.186. The molecule has 5 nitrogen and oxygen atoms in total. The van der Waals surface area contributed by atoms with Crippen LogP contribution in [0.25, 0.3) is 33.0 Å². The third-order valence-corrected chi connectivity index (χ3v) is 3.61.